The van der Waals surface area contributed by atoms with Crippen molar-refractivity contribution in [2.24, 2.45) is 0 Å². The molecule has 0 saturated heterocycles. The molecule has 0 fully saturated rings. The molecule has 0 bridgehead atoms. The fraction of sp³-hybridized carbons (Fsp3) is 0. The summed E-state index contributed by atoms with van der Waals surface area (Å²) in [6.07, 6.45) is 0. The van der Waals surface area contributed by atoms with Crippen LogP contribution in [0.25, 0.3) is 86.7 Å². The molecule has 0 aliphatic carbocycles. The summed E-state index contributed by atoms with van der Waals surface area (Å²) in [7, 11) is 0. The summed E-state index contributed by atoms with van der Waals surface area (Å²) in [5.41, 5.74) is 2.90. The van der Waals surface area contributed by atoms with E-state index in [1.54, 1.807) is 0 Å². The fourth-order valence-electron chi connectivity index (χ4n) is 6.18. The standard InChI is InChI=1S/C39H23N3S/c1-2-9-26(10-3-1)37-40-38(28-18-20-31-27(22-28)19-21-35-36(31)32-12-6-7-13-34(32)43-35)42-39(41-37)29-17-16-25-15-14-24-8-4-5-11-30(24)33(25)23-29/h1-23H. The zero-order chi connectivity index (χ0) is 28.3. The molecule has 0 unspecified atom stereocenters. The minimum absolute atomic E-state index is 0.665. The SMILES string of the molecule is c1ccc(-c2nc(-c3ccc4c(ccc5sc6ccccc6c54)c3)nc(-c3ccc4ccc5ccccc5c4c3)n2)cc1. The third kappa shape index (κ3) is 3.99. The Morgan fingerprint density at radius 2 is 0.953 bits per heavy atom. The Kier molecular flexibility index (Phi) is 5.37. The number of benzene rings is 7. The molecule has 2 heterocycles. The molecule has 4 heteroatoms. The van der Waals surface area contributed by atoms with Gasteiger partial charge >= 0.3 is 0 Å². The van der Waals surface area contributed by atoms with E-state index in [0.29, 0.717) is 17.5 Å². The number of aromatic nitrogens is 3. The van der Waals surface area contributed by atoms with E-state index < -0.39 is 0 Å². The van der Waals surface area contributed by atoms with Crippen LogP contribution in [-0.4, -0.2) is 15.0 Å². The Labute approximate surface area is 251 Å². The maximum atomic E-state index is 5.08. The minimum atomic E-state index is 0.665. The number of hydrogen-bond donors (Lipinski definition) is 0. The van der Waals surface area contributed by atoms with E-state index in [1.807, 2.05) is 29.5 Å². The minimum Gasteiger partial charge on any atom is -0.208 e. The molecule has 0 aliphatic heterocycles. The van der Waals surface area contributed by atoms with Crippen molar-refractivity contribution in [2.45, 2.75) is 0 Å². The Morgan fingerprint density at radius 3 is 1.79 bits per heavy atom. The zero-order valence-electron chi connectivity index (χ0n) is 23.0. The third-order valence-electron chi connectivity index (χ3n) is 8.29. The third-order valence-corrected chi connectivity index (χ3v) is 9.42. The topological polar surface area (TPSA) is 38.7 Å². The first kappa shape index (κ1) is 24.2. The first-order valence-electron chi connectivity index (χ1n) is 14.4. The zero-order valence-corrected chi connectivity index (χ0v) is 23.8. The van der Waals surface area contributed by atoms with Crippen LogP contribution in [0.3, 0.4) is 0 Å². The predicted molar refractivity (Wildman–Crippen MR) is 182 cm³/mol. The van der Waals surface area contributed by atoms with Gasteiger partial charge < -0.3 is 0 Å². The molecule has 0 N–H and O–H groups in total. The van der Waals surface area contributed by atoms with Crippen LogP contribution >= 0.6 is 11.3 Å². The van der Waals surface area contributed by atoms with Crippen molar-refractivity contribution in [2.75, 3.05) is 0 Å². The lowest BCUT2D eigenvalue weighted by molar-refractivity contribution is 1.08. The molecule has 9 rings (SSSR count). The second-order valence-corrected chi connectivity index (χ2v) is 12.0. The van der Waals surface area contributed by atoms with E-state index in [9.17, 15) is 0 Å². The molecular formula is C39H23N3S. The molecular weight excluding hydrogens is 543 g/mol. The average molecular weight is 566 g/mol. The smallest absolute Gasteiger partial charge is 0.164 e. The summed E-state index contributed by atoms with van der Waals surface area (Å²) in [5, 5.41) is 9.87. The molecule has 9 aromatic rings. The van der Waals surface area contributed by atoms with Gasteiger partial charge in [-0.1, -0.05) is 115 Å². The van der Waals surface area contributed by atoms with E-state index in [2.05, 4.69) is 121 Å². The van der Waals surface area contributed by atoms with Crippen molar-refractivity contribution in [1.29, 1.82) is 0 Å². The van der Waals surface area contributed by atoms with Crippen molar-refractivity contribution in [3.63, 3.8) is 0 Å². The molecule has 3 nitrogen and oxygen atoms in total. The molecule has 0 atom stereocenters. The highest BCUT2D eigenvalue weighted by Crippen LogP contribution is 2.39. The van der Waals surface area contributed by atoms with E-state index >= 15 is 0 Å². The van der Waals surface area contributed by atoms with E-state index in [1.165, 1.54) is 52.5 Å². The van der Waals surface area contributed by atoms with Gasteiger partial charge in [-0.3, -0.25) is 0 Å². The summed E-state index contributed by atoms with van der Waals surface area (Å²) >= 11 is 1.84. The van der Waals surface area contributed by atoms with Gasteiger partial charge in [0.25, 0.3) is 0 Å². The summed E-state index contributed by atoms with van der Waals surface area (Å²) in [6, 6.07) is 49.2. The average Bonchev–Trinajstić information content (AvgIpc) is 3.47. The molecule has 200 valence electrons. The van der Waals surface area contributed by atoms with Crippen molar-refractivity contribution in [3.05, 3.63) is 140 Å². The monoisotopic (exact) mass is 565 g/mol. The van der Waals surface area contributed by atoms with Crippen LogP contribution in [0, 0.1) is 0 Å². The van der Waals surface area contributed by atoms with Gasteiger partial charge in [0.05, 0.1) is 0 Å². The Bertz CT molecular complexity index is 2510. The molecule has 0 amide bonds. The number of fused-ring (bicyclic) bond motifs is 8. The lowest BCUT2D eigenvalue weighted by atomic mass is 9.99. The van der Waals surface area contributed by atoms with Gasteiger partial charge in [0.15, 0.2) is 17.5 Å². The largest absolute Gasteiger partial charge is 0.208 e. The summed E-state index contributed by atoms with van der Waals surface area (Å²) in [4.78, 5) is 15.1. The molecule has 0 saturated carbocycles. The molecule has 0 aliphatic rings. The Morgan fingerprint density at radius 1 is 0.349 bits per heavy atom. The first-order chi connectivity index (χ1) is 21.3. The summed E-state index contributed by atoms with van der Waals surface area (Å²) in [6.45, 7) is 0. The van der Waals surface area contributed by atoms with Gasteiger partial charge in [0.2, 0.25) is 0 Å². The van der Waals surface area contributed by atoms with Gasteiger partial charge in [-0.05, 0) is 56.6 Å². The second-order valence-electron chi connectivity index (χ2n) is 10.9. The van der Waals surface area contributed by atoms with Gasteiger partial charge in [-0.15, -0.1) is 11.3 Å². The lowest BCUT2D eigenvalue weighted by Crippen LogP contribution is -2.00. The number of nitrogens with zero attached hydrogens (tertiary/aromatic N) is 3. The number of thiophene rings is 1. The van der Waals surface area contributed by atoms with Crippen molar-refractivity contribution in [1.82, 2.24) is 15.0 Å². The van der Waals surface area contributed by atoms with Crippen LogP contribution in [0.4, 0.5) is 0 Å². The second kappa shape index (κ2) is 9.55. The van der Waals surface area contributed by atoms with Crippen LogP contribution in [0.1, 0.15) is 0 Å². The molecule has 2 aromatic heterocycles. The van der Waals surface area contributed by atoms with Gasteiger partial charge in [0, 0.05) is 36.9 Å². The van der Waals surface area contributed by atoms with Crippen LogP contribution in [0.5, 0.6) is 0 Å². The fourth-order valence-corrected chi connectivity index (χ4v) is 7.31. The maximum absolute atomic E-state index is 5.08. The van der Waals surface area contributed by atoms with Gasteiger partial charge in [-0.25, -0.2) is 15.0 Å². The Balaban J connectivity index is 1.25. The van der Waals surface area contributed by atoms with E-state index in [-0.39, 0.29) is 0 Å². The van der Waals surface area contributed by atoms with Crippen LogP contribution in [0.15, 0.2) is 140 Å². The molecule has 0 spiro atoms. The van der Waals surface area contributed by atoms with E-state index in [4.69, 9.17) is 15.0 Å². The number of rotatable bonds is 3. The van der Waals surface area contributed by atoms with E-state index in [0.717, 1.165) is 16.7 Å². The lowest BCUT2D eigenvalue weighted by Gasteiger charge is -2.11. The van der Waals surface area contributed by atoms with Crippen LogP contribution < -0.4 is 0 Å². The maximum Gasteiger partial charge on any atom is 0.164 e. The molecule has 0 radical (unpaired) electrons. The van der Waals surface area contributed by atoms with Crippen LogP contribution in [0.2, 0.25) is 0 Å². The van der Waals surface area contributed by atoms with Gasteiger partial charge in [0.1, 0.15) is 0 Å². The Hall–Kier alpha value is -5.45. The van der Waals surface area contributed by atoms with Crippen molar-refractivity contribution >= 4 is 63.8 Å². The van der Waals surface area contributed by atoms with Gasteiger partial charge in [-0.2, -0.15) is 0 Å². The van der Waals surface area contributed by atoms with Crippen molar-refractivity contribution in [3.8, 4) is 34.2 Å². The first-order valence-corrected chi connectivity index (χ1v) is 15.2. The normalized spacial score (nSPS) is 11.7. The quantitative estimate of drug-likeness (QED) is 0.200. The predicted octanol–water partition coefficient (Wildman–Crippen LogP) is 10.7. The van der Waals surface area contributed by atoms with Crippen molar-refractivity contribution < 1.29 is 0 Å². The highest BCUT2D eigenvalue weighted by Gasteiger charge is 2.15. The molecule has 7 aromatic carbocycles. The van der Waals surface area contributed by atoms with Crippen LogP contribution in [-0.2, 0) is 0 Å². The highest BCUT2D eigenvalue weighted by atomic mass is 32.1. The highest BCUT2D eigenvalue weighted by molar-refractivity contribution is 7.26. The number of hydrogen-bond acceptors (Lipinski definition) is 4. The summed E-state index contributed by atoms with van der Waals surface area (Å²) in [5.74, 6) is 2.00. The molecule has 43 heavy (non-hydrogen) atoms. The summed E-state index contributed by atoms with van der Waals surface area (Å²) < 4.78 is 2.62.